The molecular weight excluding hydrogens is 295 g/mol. The molecule has 2 N–H and O–H groups in total. The number of carbonyl (C=O) groups excluding carboxylic acids is 1. The normalized spacial score (nSPS) is 9.32. The van der Waals surface area contributed by atoms with E-state index in [4.69, 9.17) is 0 Å². The van der Waals surface area contributed by atoms with Crippen LogP contribution in [-0.4, -0.2) is 34.3 Å². The summed E-state index contributed by atoms with van der Waals surface area (Å²) in [7, 11) is 0. The van der Waals surface area contributed by atoms with Crippen LogP contribution in [0.15, 0.2) is 0 Å². The van der Waals surface area contributed by atoms with Gasteiger partial charge in [0.15, 0.2) is 0 Å². The van der Waals surface area contributed by atoms with E-state index in [9.17, 15) is 9.90 Å². The number of aliphatic carboxylic acids is 1. The zero-order valence-electron chi connectivity index (χ0n) is 14.4. The van der Waals surface area contributed by atoms with Crippen molar-refractivity contribution in [3.05, 3.63) is 0 Å². The first-order chi connectivity index (χ1) is 9.27. The molecule has 0 amide bonds. The molecule has 0 aliphatic heterocycles. The Morgan fingerprint density at radius 1 is 0.636 bits per heavy atom. The van der Waals surface area contributed by atoms with E-state index in [1.54, 1.807) is 0 Å². The average molecular weight is 330 g/mol. The quantitative estimate of drug-likeness (QED) is 0.336. The van der Waals surface area contributed by atoms with Crippen LogP contribution in [0.4, 0.5) is 0 Å². The van der Waals surface area contributed by atoms with Crippen LogP contribution in [0.3, 0.4) is 0 Å². The van der Waals surface area contributed by atoms with Gasteiger partial charge in [0.2, 0.25) is 0 Å². The van der Waals surface area contributed by atoms with Gasteiger partial charge in [-0.1, -0.05) is 90.4 Å². The third-order valence-electron chi connectivity index (χ3n) is 3.73. The Hall–Kier alpha value is -0.0775. The number of carboxylic acids is 1. The summed E-state index contributed by atoms with van der Waals surface area (Å²) in [5, 5.41) is 10.2. The van der Waals surface area contributed by atoms with E-state index in [0.717, 1.165) is 12.8 Å². The van der Waals surface area contributed by atoms with Gasteiger partial charge in [-0.15, -0.1) is 0 Å². The Labute approximate surface area is 147 Å². The van der Waals surface area contributed by atoms with Crippen molar-refractivity contribution in [3.8, 4) is 0 Å². The van der Waals surface area contributed by atoms with Gasteiger partial charge in [0.05, 0.1) is 0 Å². The van der Waals surface area contributed by atoms with Gasteiger partial charge in [-0.2, -0.15) is 0 Å². The molecule has 0 atom stereocenters. The monoisotopic (exact) mass is 330 g/mol. The van der Waals surface area contributed by atoms with E-state index < -0.39 is 5.97 Å². The molecule has 0 spiro atoms. The smallest absolute Gasteiger partial charge is 0.870 e. The van der Waals surface area contributed by atoms with Crippen molar-refractivity contribution in [2.45, 2.75) is 103 Å². The van der Waals surface area contributed by atoms with Gasteiger partial charge in [0, 0.05) is 5.97 Å². The molecule has 0 fully saturated rings. The summed E-state index contributed by atoms with van der Waals surface area (Å²) >= 11 is 0. The van der Waals surface area contributed by atoms with Crippen LogP contribution in [0.1, 0.15) is 103 Å². The molecule has 0 saturated carbocycles. The summed E-state index contributed by atoms with van der Waals surface area (Å²) in [6.45, 7) is 2.26. The van der Waals surface area contributed by atoms with Gasteiger partial charge in [-0.25, -0.2) is 0 Å². The summed E-state index contributed by atoms with van der Waals surface area (Å²) in [5.41, 5.74) is 0. The summed E-state index contributed by atoms with van der Waals surface area (Å²) in [4.78, 5) is 10.2. The molecule has 22 heavy (non-hydrogen) atoms. The van der Waals surface area contributed by atoms with Crippen LogP contribution in [0.25, 0.3) is 0 Å². The standard InChI is InChI=1S/C17H34O2.Al.2H2O/c1-2-3-4-5-6-7-8-9-10-11-12-13-14-15-16-17(18)19;;;/h2-16H2,1H3,(H,18,19);;2*1H2/q;+3;;/p-3. The fraction of sp³-hybridized carbons (Fsp3) is 0.941. The van der Waals surface area contributed by atoms with E-state index in [-0.39, 0.29) is 34.7 Å². The Kier molecular flexibility index (Phi) is 35.1. The first kappa shape index (κ1) is 29.9. The summed E-state index contributed by atoms with van der Waals surface area (Å²) in [6.07, 6.45) is 18.4. The molecule has 0 aromatic heterocycles. The van der Waals surface area contributed by atoms with E-state index in [2.05, 4.69) is 6.92 Å². The largest absolute Gasteiger partial charge is 3.00 e. The van der Waals surface area contributed by atoms with Crippen molar-refractivity contribution in [3.63, 3.8) is 0 Å². The fourth-order valence-corrected chi connectivity index (χ4v) is 2.46. The number of unbranched alkanes of at least 4 members (excludes halogenated alkanes) is 13. The number of hydrogen-bond acceptors (Lipinski definition) is 4. The minimum atomic E-state index is -0.904. The first-order valence-corrected chi connectivity index (χ1v) is 8.47. The number of rotatable bonds is 15. The van der Waals surface area contributed by atoms with Crippen LogP contribution < -0.4 is 5.11 Å². The third-order valence-corrected chi connectivity index (χ3v) is 3.73. The van der Waals surface area contributed by atoms with Crippen LogP contribution in [0, 0.1) is 0 Å². The van der Waals surface area contributed by atoms with E-state index >= 15 is 0 Å². The maximum absolute atomic E-state index is 10.2. The van der Waals surface area contributed by atoms with Crippen LogP contribution >= 0.6 is 0 Å². The summed E-state index contributed by atoms with van der Waals surface area (Å²) in [5.74, 6) is -0.904. The van der Waals surface area contributed by atoms with Crippen LogP contribution in [0.5, 0.6) is 0 Å². The molecule has 0 bridgehead atoms. The van der Waals surface area contributed by atoms with Crippen LogP contribution in [0.2, 0.25) is 0 Å². The molecule has 0 aliphatic rings. The van der Waals surface area contributed by atoms with Crippen molar-refractivity contribution in [1.29, 1.82) is 0 Å². The second-order valence-corrected chi connectivity index (χ2v) is 5.72. The number of carboxylic acid groups (broad SMARTS) is 1. The molecule has 0 rings (SSSR count). The minimum absolute atomic E-state index is 0. The van der Waals surface area contributed by atoms with Crippen molar-refractivity contribution < 1.29 is 20.9 Å². The molecular formula is C17H35AlO4. The zero-order valence-corrected chi connectivity index (χ0v) is 15.5. The van der Waals surface area contributed by atoms with E-state index in [0.29, 0.717) is 0 Å². The Balaban J connectivity index is -0.000000540. The molecule has 0 aromatic rings. The second kappa shape index (κ2) is 25.9. The molecule has 0 aliphatic carbocycles. The SMILES string of the molecule is CCCCCCCCCCCCCCCCC(=O)[O-].[Al+3].[OH-].[OH-]. The number of carbonyl (C=O) groups is 1. The molecule has 0 radical (unpaired) electrons. The van der Waals surface area contributed by atoms with Gasteiger partial charge < -0.3 is 20.9 Å². The van der Waals surface area contributed by atoms with E-state index in [1.807, 2.05) is 0 Å². The molecule has 0 unspecified atom stereocenters. The predicted octanol–water partition coefficient (Wildman–Crippen LogP) is 3.87. The van der Waals surface area contributed by atoms with Gasteiger partial charge in [-0.3, -0.25) is 0 Å². The molecule has 0 saturated heterocycles. The Bertz CT molecular complexity index is 201. The van der Waals surface area contributed by atoms with Gasteiger partial charge in [-0.05, 0) is 12.8 Å². The average Bonchev–Trinajstić information content (AvgIpc) is 2.39. The molecule has 130 valence electrons. The predicted molar refractivity (Wildman–Crippen MR) is 89.6 cm³/mol. The minimum Gasteiger partial charge on any atom is -0.870 e. The second-order valence-electron chi connectivity index (χ2n) is 5.72. The molecule has 4 nitrogen and oxygen atoms in total. The van der Waals surface area contributed by atoms with Gasteiger partial charge in [0.25, 0.3) is 0 Å². The maximum atomic E-state index is 10.2. The Morgan fingerprint density at radius 2 is 0.909 bits per heavy atom. The van der Waals surface area contributed by atoms with Crippen molar-refractivity contribution in [1.82, 2.24) is 0 Å². The van der Waals surface area contributed by atoms with Gasteiger partial charge in [0.1, 0.15) is 0 Å². The Morgan fingerprint density at radius 3 is 1.18 bits per heavy atom. The summed E-state index contributed by atoms with van der Waals surface area (Å²) < 4.78 is 0. The molecule has 0 heterocycles. The fourth-order valence-electron chi connectivity index (χ4n) is 2.46. The van der Waals surface area contributed by atoms with E-state index in [1.165, 1.54) is 77.0 Å². The number of hydrogen-bond donors (Lipinski definition) is 0. The maximum Gasteiger partial charge on any atom is 3.00 e. The van der Waals surface area contributed by atoms with Crippen LogP contribution in [-0.2, 0) is 4.79 Å². The summed E-state index contributed by atoms with van der Waals surface area (Å²) in [6, 6.07) is 0. The third kappa shape index (κ3) is 28.1. The zero-order chi connectivity index (χ0) is 14.2. The molecule has 0 aromatic carbocycles. The van der Waals surface area contributed by atoms with Crippen molar-refractivity contribution in [2.24, 2.45) is 0 Å². The van der Waals surface area contributed by atoms with Gasteiger partial charge >= 0.3 is 17.4 Å². The topological polar surface area (TPSA) is 100 Å². The molecule has 5 heteroatoms. The first-order valence-electron chi connectivity index (χ1n) is 8.47. The van der Waals surface area contributed by atoms with Crippen molar-refractivity contribution in [2.75, 3.05) is 0 Å². The van der Waals surface area contributed by atoms with Crippen molar-refractivity contribution >= 4 is 23.3 Å².